The van der Waals surface area contributed by atoms with E-state index in [-0.39, 0.29) is 5.75 Å². The summed E-state index contributed by atoms with van der Waals surface area (Å²) in [6.07, 6.45) is 5.92. The monoisotopic (exact) mass is 321 g/mol. The van der Waals surface area contributed by atoms with Crippen LogP contribution in [0.3, 0.4) is 0 Å². The zero-order valence-corrected chi connectivity index (χ0v) is 13.7. The van der Waals surface area contributed by atoms with Crippen LogP contribution in [0.4, 0.5) is 0 Å². The molecule has 1 aliphatic heterocycles. The molecule has 0 radical (unpaired) electrons. The number of sulfonamides is 1. The molecule has 1 fully saturated rings. The number of aromatic nitrogens is 1. The van der Waals surface area contributed by atoms with Gasteiger partial charge in [0.15, 0.2) is 0 Å². The first-order chi connectivity index (χ1) is 10.6. The topological polar surface area (TPSA) is 65.2 Å². The molecule has 22 heavy (non-hydrogen) atoms. The summed E-state index contributed by atoms with van der Waals surface area (Å²) in [4.78, 5) is 5.77. The number of nitrogens with one attached hydrogen (secondary N) is 2. The van der Waals surface area contributed by atoms with E-state index in [1.54, 1.807) is 0 Å². The predicted octanol–water partition coefficient (Wildman–Crippen LogP) is 2.20. The first-order valence-corrected chi connectivity index (χ1v) is 9.45. The summed E-state index contributed by atoms with van der Waals surface area (Å²) in [6.45, 7) is 3.24. The van der Waals surface area contributed by atoms with Gasteiger partial charge in [-0.25, -0.2) is 13.1 Å². The van der Waals surface area contributed by atoms with E-state index in [4.69, 9.17) is 0 Å². The molecule has 6 heteroatoms. The number of hydrogen-bond acceptors (Lipinski definition) is 3. The van der Waals surface area contributed by atoms with E-state index >= 15 is 0 Å². The minimum absolute atomic E-state index is 0.0216. The fourth-order valence-corrected chi connectivity index (χ4v) is 3.86. The van der Waals surface area contributed by atoms with Gasteiger partial charge in [0.1, 0.15) is 0 Å². The second-order valence-electron chi connectivity index (χ2n) is 5.99. The molecule has 2 N–H and O–H groups in total. The van der Waals surface area contributed by atoms with Crippen LogP contribution in [0.5, 0.6) is 0 Å². The molecule has 120 valence electrons. The van der Waals surface area contributed by atoms with E-state index in [9.17, 15) is 8.42 Å². The van der Waals surface area contributed by atoms with Gasteiger partial charge in [-0.15, -0.1) is 0 Å². The number of hydrogen-bond donors (Lipinski definition) is 2. The summed E-state index contributed by atoms with van der Waals surface area (Å²) >= 11 is 0. The highest BCUT2D eigenvalue weighted by Crippen LogP contribution is 2.23. The second kappa shape index (κ2) is 6.40. The van der Waals surface area contributed by atoms with Crippen molar-refractivity contribution in [2.45, 2.75) is 31.6 Å². The minimum atomic E-state index is -3.23. The smallest absolute Gasteiger partial charge is 0.215 e. The van der Waals surface area contributed by atoms with E-state index in [0.29, 0.717) is 0 Å². The maximum atomic E-state index is 11.7. The molecule has 5 nitrogen and oxygen atoms in total. The summed E-state index contributed by atoms with van der Waals surface area (Å²) in [5.41, 5.74) is 3.14. The third-order valence-electron chi connectivity index (χ3n) is 4.34. The van der Waals surface area contributed by atoms with Gasteiger partial charge in [0, 0.05) is 23.6 Å². The zero-order chi connectivity index (χ0) is 15.6. The highest BCUT2D eigenvalue weighted by atomic mass is 32.2. The zero-order valence-electron chi connectivity index (χ0n) is 12.9. The van der Waals surface area contributed by atoms with Gasteiger partial charge in [-0.3, -0.25) is 4.90 Å². The Balaban J connectivity index is 1.85. The molecule has 0 amide bonds. The van der Waals surface area contributed by atoms with E-state index < -0.39 is 10.0 Å². The lowest BCUT2D eigenvalue weighted by Gasteiger charge is -2.26. The molecule has 0 unspecified atom stereocenters. The van der Waals surface area contributed by atoms with E-state index in [2.05, 4.69) is 20.8 Å². The van der Waals surface area contributed by atoms with Crippen LogP contribution in [0.2, 0.25) is 0 Å². The molecule has 0 bridgehead atoms. The van der Waals surface area contributed by atoms with Crippen molar-refractivity contribution in [1.82, 2.24) is 14.6 Å². The Labute approximate surface area is 131 Å². The molecule has 3 rings (SSSR count). The molecule has 0 atom stereocenters. The molecule has 0 spiro atoms. The largest absolute Gasteiger partial charge is 0.361 e. The summed E-state index contributed by atoms with van der Waals surface area (Å²) < 4.78 is 25.8. The lowest BCUT2D eigenvalue weighted by Crippen LogP contribution is -2.28. The minimum Gasteiger partial charge on any atom is -0.361 e. The molecule has 2 aromatic rings. The maximum absolute atomic E-state index is 11.7. The van der Waals surface area contributed by atoms with Crippen molar-refractivity contribution in [1.29, 1.82) is 0 Å². The van der Waals surface area contributed by atoms with Crippen LogP contribution in [0, 0.1) is 0 Å². The number of benzene rings is 1. The van der Waals surface area contributed by atoms with Crippen LogP contribution in [0.1, 0.15) is 30.4 Å². The Morgan fingerprint density at radius 1 is 1.23 bits per heavy atom. The molecule has 1 aliphatic rings. The van der Waals surface area contributed by atoms with E-state index in [0.717, 1.165) is 36.1 Å². The van der Waals surface area contributed by atoms with Crippen LogP contribution in [0.15, 0.2) is 24.4 Å². The average Bonchev–Trinajstić information content (AvgIpc) is 2.90. The van der Waals surface area contributed by atoms with Crippen molar-refractivity contribution in [3.63, 3.8) is 0 Å². The number of piperidine rings is 1. The van der Waals surface area contributed by atoms with E-state index in [1.807, 2.05) is 18.2 Å². The van der Waals surface area contributed by atoms with Crippen LogP contribution in [-0.2, 0) is 22.3 Å². The molecular formula is C16H23N3O2S. The Morgan fingerprint density at radius 3 is 2.73 bits per heavy atom. The first-order valence-electron chi connectivity index (χ1n) is 7.80. The summed E-state index contributed by atoms with van der Waals surface area (Å²) in [5.74, 6) is 0.0216. The SMILES string of the molecule is CNS(=O)(=O)Cc1ccc2[nH]cc(CN3CCCCC3)c2c1. The number of H-pyrrole nitrogens is 1. The van der Waals surface area contributed by atoms with Crippen molar-refractivity contribution in [3.8, 4) is 0 Å². The van der Waals surface area contributed by atoms with E-state index in [1.165, 1.54) is 31.9 Å². The lowest BCUT2D eigenvalue weighted by atomic mass is 10.1. The average molecular weight is 321 g/mol. The van der Waals surface area contributed by atoms with Crippen molar-refractivity contribution >= 4 is 20.9 Å². The highest BCUT2D eigenvalue weighted by Gasteiger charge is 2.14. The van der Waals surface area contributed by atoms with Gasteiger partial charge in [-0.05, 0) is 56.2 Å². The number of fused-ring (bicyclic) bond motifs is 1. The molecule has 2 heterocycles. The van der Waals surface area contributed by atoms with Gasteiger partial charge < -0.3 is 4.98 Å². The van der Waals surface area contributed by atoms with Crippen molar-refractivity contribution in [2.75, 3.05) is 20.1 Å². The van der Waals surface area contributed by atoms with Crippen LogP contribution in [-0.4, -0.2) is 38.4 Å². The Kier molecular flexibility index (Phi) is 4.52. The fourth-order valence-electron chi connectivity index (χ4n) is 3.10. The molecule has 1 aromatic heterocycles. The number of nitrogens with zero attached hydrogens (tertiary/aromatic N) is 1. The molecule has 0 saturated carbocycles. The molecular weight excluding hydrogens is 298 g/mol. The first kappa shape index (κ1) is 15.5. The summed E-state index contributed by atoms with van der Waals surface area (Å²) in [6, 6.07) is 5.84. The molecule has 0 aliphatic carbocycles. The van der Waals surface area contributed by atoms with Crippen LogP contribution in [0.25, 0.3) is 10.9 Å². The maximum Gasteiger partial charge on any atom is 0.215 e. The van der Waals surface area contributed by atoms with Crippen LogP contribution < -0.4 is 4.72 Å². The normalized spacial score (nSPS) is 17.1. The third kappa shape index (κ3) is 3.51. The Hall–Kier alpha value is -1.37. The lowest BCUT2D eigenvalue weighted by molar-refractivity contribution is 0.221. The summed E-state index contributed by atoms with van der Waals surface area (Å²) in [7, 11) is -1.78. The third-order valence-corrected chi connectivity index (χ3v) is 5.68. The van der Waals surface area contributed by atoms with Crippen molar-refractivity contribution in [2.24, 2.45) is 0 Å². The highest BCUT2D eigenvalue weighted by molar-refractivity contribution is 7.88. The number of likely N-dealkylation sites (tertiary alicyclic amines) is 1. The van der Waals surface area contributed by atoms with Gasteiger partial charge in [0.05, 0.1) is 5.75 Å². The standard InChI is InChI=1S/C16H23N3O2S/c1-17-22(20,21)12-13-5-6-16-15(9-13)14(10-18-16)11-19-7-3-2-4-8-19/h5-6,9-10,17-18H,2-4,7-8,11-12H2,1H3. The molecule has 1 aromatic carbocycles. The van der Waals surface area contributed by atoms with Crippen molar-refractivity contribution in [3.05, 3.63) is 35.5 Å². The van der Waals surface area contributed by atoms with Gasteiger partial charge >= 0.3 is 0 Å². The Bertz CT molecular complexity index is 746. The van der Waals surface area contributed by atoms with Gasteiger partial charge in [0.25, 0.3) is 0 Å². The van der Waals surface area contributed by atoms with Gasteiger partial charge in [-0.2, -0.15) is 0 Å². The molecule has 1 saturated heterocycles. The van der Waals surface area contributed by atoms with Gasteiger partial charge in [-0.1, -0.05) is 12.5 Å². The fraction of sp³-hybridized carbons (Fsp3) is 0.500. The van der Waals surface area contributed by atoms with Gasteiger partial charge in [0.2, 0.25) is 10.0 Å². The van der Waals surface area contributed by atoms with Crippen LogP contribution >= 0.6 is 0 Å². The number of aromatic amines is 1. The second-order valence-corrected chi connectivity index (χ2v) is 7.92. The quantitative estimate of drug-likeness (QED) is 0.887. The predicted molar refractivity (Wildman–Crippen MR) is 89.1 cm³/mol. The summed E-state index contributed by atoms with van der Waals surface area (Å²) in [5, 5.41) is 1.13. The Morgan fingerprint density at radius 2 is 2.00 bits per heavy atom. The van der Waals surface area contributed by atoms with Crippen molar-refractivity contribution < 1.29 is 8.42 Å². The number of rotatable bonds is 5.